The maximum Gasteiger partial charge on any atom is 0.117 e. The summed E-state index contributed by atoms with van der Waals surface area (Å²) in [5.74, 6) is 1.45. The van der Waals surface area contributed by atoms with Crippen molar-refractivity contribution in [2.24, 2.45) is 0 Å². The molecule has 0 saturated carbocycles. The van der Waals surface area contributed by atoms with Crippen LogP contribution in [0.25, 0.3) is 10.1 Å². The van der Waals surface area contributed by atoms with Gasteiger partial charge in [-0.2, -0.15) is 0 Å². The minimum atomic E-state index is 0.349. The van der Waals surface area contributed by atoms with Gasteiger partial charge in [-0.3, -0.25) is 0 Å². The lowest BCUT2D eigenvalue weighted by Crippen LogP contribution is -1.62. The molecular weight excluding hydrogens is 200 g/mol. The van der Waals surface area contributed by atoms with Gasteiger partial charge in [-0.15, -0.1) is 23.1 Å². The Morgan fingerprint density at radius 3 is 3.00 bits per heavy atom. The van der Waals surface area contributed by atoms with Crippen LogP contribution in [0.5, 0.6) is 5.75 Å². The van der Waals surface area contributed by atoms with E-state index >= 15 is 0 Å². The zero-order chi connectivity index (χ0) is 9.26. The third-order valence-corrected chi connectivity index (χ3v) is 3.95. The first kappa shape index (κ1) is 8.91. The third kappa shape index (κ3) is 1.81. The van der Waals surface area contributed by atoms with Crippen molar-refractivity contribution in [2.75, 3.05) is 5.75 Å². The second-order valence-corrected chi connectivity index (χ2v) is 5.37. The molecule has 0 unspecified atom stereocenters. The summed E-state index contributed by atoms with van der Waals surface area (Å²) in [4.78, 5) is 0. The molecular formula is C10H10OS2. The van der Waals surface area contributed by atoms with Gasteiger partial charge in [0, 0.05) is 4.70 Å². The first-order valence-corrected chi connectivity index (χ1v) is 5.95. The number of benzene rings is 1. The van der Waals surface area contributed by atoms with Crippen LogP contribution < -0.4 is 0 Å². The summed E-state index contributed by atoms with van der Waals surface area (Å²) in [5, 5.41) is 10.5. The summed E-state index contributed by atoms with van der Waals surface area (Å²) in [6.07, 6.45) is 0. The van der Waals surface area contributed by atoms with E-state index in [0.717, 1.165) is 10.5 Å². The summed E-state index contributed by atoms with van der Waals surface area (Å²) in [6.45, 7) is 2.15. The molecule has 0 radical (unpaired) electrons. The molecule has 1 nitrogen and oxygen atoms in total. The van der Waals surface area contributed by atoms with Crippen LogP contribution in [0.15, 0.2) is 28.5 Å². The predicted octanol–water partition coefficient (Wildman–Crippen LogP) is 3.72. The lowest BCUT2D eigenvalue weighted by Gasteiger charge is -1.89. The molecule has 68 valence electrons. The highest BCUT2D eigenvalue weighted by Gasteiger charge is 2.01. The molecule has 0 atom stereocenters. The maximum absolute atomic E-state index is 9.27. The van der Waals surface area contributed by atoms with Crippen molar-refractivity contribution in [3.8, 4) is 5.75 Å². The van der Waals surface area contributed by atoms with E-state index in [1.807, 2.05) is 23.9 Å². The summed E-state index contributed by atoms with van der Waals surface area (Å²) in [5.41, 5.74) is 0. The Kier molecular flexibility index (Phi) is 2.47. The summed E-state index contributed by atoms with van der Waals surface area (Å²) in [7, 11) is 0. The van der Waals surface area contributed by atoms with Crippen molar-refractivity contribution in [3.05, 3.63) is 24.3 Å². The van der Waals surface area contributed by atoms with E-state index in [9.17, 15) is 5.11 Å². The van der Waals surface area contributed by atoms with Crippen LogP contribution >= 0.6 is 23.1 Å². The molecule has 0 aliphatic rings. The first-order valence-electron chi connectivity index (χ1n) is 4.15. The molecule has 2 aromatic rings. The van der Waals surface area contributed by atoms with Gasteiger partial charge in [0.1, 0.15) is 5.75 Å². The number of hydrogen-bond donors (Lipinski definition) is 1. The topological polar surface area (TPSA) is 20.2 Å². The SMILES string of the molecule is CCSc1cc2ccc(O)cc2s1. The summed E-state index contributed by atoms with van der Waals surface area (Å²) in [6, 6.07) is 7.68. The van der Waals surface area contributed by atoms with E-state index in [0.29, 0.717) is 5.75 Å². The summed E-state index contributed by atoms with van der Waals surface area (Å²) >= 11 is 3.58. The molecule has 0 amide bonds. The number of thioether (sulfide) groups is 1. The van der Waals surface area contributed by atoms with Gasteiger partial charge < -0.3 is 5.11 Å². The average Bonchev–Trinajstić information content (AvgIpc) is 2.46. The molecule has 0 aliphatic carbocycles. The zero-order valence-electron chi connectivity index (χ0n) is 7.28. The van der Waals surface area contributed by atoms with E-state index in [-0.39, 0.29) is 0 Å². The Hall–Kier alpha value is -0.670. The largest absolute Gasteiger partial charge is 0.508 e. The van der Waals surface area contributed by atoms with Crippen LogP contribution in [0.2, 0.25) is 0 Å². The van der Waals surface area contributed by atoms with Crippen LogP contribution in [0, 0.1) is 0 Å². The molecule has 0 aliphatic heterocycles. The van der Waals surface area contributed by atoms with Crippen molar-refractivity contribution in [1.82, 2.24) is 0 Å². The van der Waals surface area contributed by atoms with Crippen molar-refractivity contribution in [3.63, 3.8) is 0 Å². The van der Waals surface area contributed by atoms with E-state index in [2.05, 4.69) is 13.0 Å². The van der Waals surface area contributed by atoms with E-state index in [1.54, 1.807) is 17.4 Å². The highest BCUT2D eigenvalue weighted by atomic mass is 32.2. The Bertz CT molecular complexity index is 420. The van der Waals surface area contributed by atoms with Gasteiger partial charge in [-0.25, -0.2) is 0 Å². The highest BCUT2D eigenvalue weighted by molar-refractivity contribution is 8.01. The molecule has 13 heavy (non-hydrogen) atoms. The van der Waals surface area contributed by atoms with Crippen LogP contribution in [-0.4, -0.2) is 10.9 Å². The van der Waals surface area contributed by atoms with Gasteiger partial charge in [0.2, 0.25) is 0 Å². The fraction of sp³-hybridized carbons (Fsp3) is 0.200. The number of rotatable bonds is 2. The van der Waals surface area contributed by atoms with Gasteiger partial charge in [0.25, 0.3) is 0 Å². The lowest BCUT2D eigenvalue weighted by atomic mass is 10.2. The van der Waals surface area contributed by atoms with Crippen molar-refractivity contribution in [2.45, 2.75) is 11.1 Å². The Balaban J connectivity index is 2.49. The monoisotopic (exact) mass is 210 g/mol. The zero-order valence-corrected chi connectivity index (χ0v) is 8.91. The summed E-state index contributed by atoms with van der Waals surface area (Å²) < 4.78 is 2.49. The smallest absolute Gasteiger partial charge is 0.117 e. The molecule has 0 bridgehead atoms. The second kappa shape index (κ2) is 3.60. The minimum Gasteiger partial charge on any atom is -0.508 e. The van der Waals surface area contributed by atoms with E-state index in [1.165, 1.54) is 9.60 Å². The third-order valence-electron chi connectivity index (χ3n) is 1.77. The van der Waals surface area contributed by atoms with E-state index < -0.39 is 0 Å². The quantitative estimate of drug-likeness (QED) is 0.762. The minimum absolute atomic E-state index is 0.349. The second-order valence-electron chi connectivity index (χ2n) is 2.72. The van der Waals surface area contributed by atoms with Crippen LogP contribution in [0.3, 0.4) is 0 Å². The average molecular weight is 210 g/mol. The number of phenols is 1. The van der Waals surface area contributed by atoms with Crippen molar-refractivity contribution >= 4 is 33.2 Å². The molecule has 0 saturated heterocycles. The predicted molar refractivity (Wildman–Crippen MR) is 59.9 cm³/mol. The van der Waals surface area contributed by atoms with Crippen LogP contribution in [-0.2, 0) is 0 Å². The Labute approximate surface area is 85.4 Å². The van der Waals surface area contributed by atoms with Crippen LogP contribution in [0.1, 0.15) is 6.92 Å². The van der Waals surface area contributed by atoms with Gasteiger partial charge >= 0.3 is 0 Å². The number of aromatic hydroxyl groups is 1. The molecule has 3 heteroatoms. The van der Waals surface area contributed by atoms with Gasteiger partial charge in [-0.05, 0) is 35.4 Å². The molecule has 1 N–H and O–H groups in total. The molecule has 2 rings (SSSR count). The number of fused-ring (bicyclic) bond motifs is 1. The number of hydrogen-bond acceptors (Lipinski definition) is 3. The standard InChI is InChI=1S/C10H10OS2/c1-2-12-10-5-7-3-4-8(11)6-9(7)13-10/h3-6,11H,2H2,1H3. The lowest BCUT2D eigenvalue weighted by molar-refractivity contribution is 0.476. The molecule has 0 spiro atoms. The number of phenolic OH excluding ortho intramolecular Hbond substituents is 1. The fourth-order valence-electron chi connectivity index (χ4n) is 1.21. The van der Waals surface area contributed by atoms with Crippen molar-refractivity contribution in [1.29, 1.82) is 0 Å². The fourth-order valence-corrected chi connectivity index (χ4v) is 3.39. The Morgan fingerprint density at radius 1 is 1.38 bits per heavy atom. The molecule has 1 heterocycles. The Morgan fingerprint density at radius 2 is 2.23 bits per heavy atom. The van der Waals surface area contributed by atoms with Crippen molar-refractivity contribution < 1.29 is 5.11 Å². The van der Waals surface area contributed by atoms with Gasteiger partial charge in [0.15, 0.2) is 0 Å². The normalized spacial score (nSPS) is 10.8. The number of thiophene rings is 1. The highest BCUT2D eigenvalue weighted by Crippen LogP contribution is 2.34. The van der Waals surface area contributed by atoms with E-state index in [4.69, 9.17) is 0 Å². The molecule has 0 fully saturated rings. The molecule has 1 aromatic carbocycles. The molecule has 1 aromatic heterocycles. The maximum atomic E-state index is 9.27. The van der Waals surface area contributed by atoms with Crippen LogP contribution in [0.4, 0.5) is 0 Å². The first-order chi connectivity index (χ1) is 6.29. The van der Waals surface area contributed by atoms with Gasteiger partial charge in [0.05, 0.1) is 4.21 Å². The van der Waals surface area contributed by atoms with Gasteiger partial charge in [-0.1, -0.05) is 6.92 Å².